The quantitative estimate of drug-likeness (QED) is 0.511. The van der Waals surface area contributed by atoms with Gasteiger partial charge in [-0.15, -0.1) is 22.7 Å². The van der Waals surface area contributed by atoms with Crippen LogP contribution in [0.1, 0.15) is 5.82 Å². The van der Waals surface area contributed by atoms with Gasteiger partial charge in [0.1, 0.15) is 16.4 Å². The monoisotopic (exact) mass is 438 g/mol. The maximum Gasteiger partial charge on any atom is 0.262 e. The van der Waals surface area contributed by atoms with Crippen LogP contribution in [0.15, 0.2) is 52.0 Å². The van der Waals surface area contributed by atoms with Crippen molar-refractivity contribution in [3.63, 3.8) is 0 Å². The molecule has 1 aromatic carbocycles. The Balaban J connectivity index is 1.51. The van der Waals surface area contributed by atoms with Gasteiger partial charge >= 0.3 is 0 Å². The van der Waals surface area contributed by atoms with Crippen LogP contribution < -0.4 is 20.5 Å². The molecule has 1 aliphatic rings. The van der Waals surface area contributed by atoms with Gasteiger partial charge in [0, 0.05) is 22.9 Å². The van der Waals surface area contributed by atoms with E-state index in [-0.39, 0.29) is 11.5 Å². The molecule has 7 nitrogen and oxygen atoms in total. The first-order chi connectivity index (χ1) is 14.6. The maximum absolute atomic E-state index is 12.9. The molecule has 1 atom stereocenters. The molecule has 30 heavy (non-hydrogen) atoms. The number of para-hydroxylation sites is 2. The summed E-state index contributed by atoms with van der Waals surface area (Å²) in [5.41, 5.74) is 1.64. The summed E-state index contributed by atoms with van der Waals surface area (Å²) >= 11 is 3.07. The van der Waals surface area contributed by atoms with Gasteiger partial charge in [0.15, 0.2) is 6.10 Å². The van der Waals surface area contributed by atoms with Crippen molar-refractivity contribution < 1.29 is 9.53 Å². The first-order valence-electron chi connectivity index (χ1n) is 9.40. The highest BCUT2D eigenvalue weighted by atomic mass is 32.1. The lowest BCUT2D eigenvalue weighted by Crippen LogP contribution is -2.48. The second-order valence-electron chi connectivity index (χ2n) is 6.89. The van der Waals surface area contributed by atoms with Crippen molar-refractivity contribution in [1.29, 1.82) is 0 Å². The van der Waals surface area contributed by atoms with Crippen LogP contribution in [0.3, 0.4) is 0 Å². The van der Waals surface area contributed by atoms with E-state index in [1.54, 1.807) is 18.4 Å². The lowest BCUT2D eigenvalue weighted by atomic mass is 10.1. The van der Waals surface area contributed by atoms with Gasteiger partial charge < -0.3 is 19.9 Å². The zero-order valence-electron chi connectivity index (χ0n) is 16.0. The SMILES string of the molecule is CNC(=O)C1CN(Cc2nc3scc(-c4cccs4)c3c(=O)[nH]2)c2ccccc2O1. The Bertz CT molecular complexity index is 1280. The highest BCUT2D eigenvalue weighted by molar-refractivity contribution is 7.18. The van der Waals surface area contributed by atoms with Crippen molar-refractivity contribution in [1.82, 2.24) is 15.3 Å². The summed E-state index contributed by atoms with van der Waals surface area (Å²) in [4.78, 5) is 36.5. The predicted octanol–water partition coefficient (Wildman–Crippen LogP) is 3.23. The predicted molar refractivity (Wildman–Crippen MR) is 120 cm³/mol. The molecule has 5 rings (SSSR count). The van der Waals surface area contributed by atoms with Gasteiger partial charge in [-0.25, -0.2) is 4.98 Å². The Kier molecular flexibility index (Phi) is 4.76. The van der Waals surface area contributed by atoms with Crippen molar-refractivity contribution in [3.8, 4) is 16.2 Å². The molecule has 0 fully saturated rings. The van der Waals surface area contributed by atoms with E-state index in [1.165, 1.54) is 11.3 Å². The summed E-state index contributed by atoms with van der Waals surface area (Å²) in [5, 5.41) is 7.23. The van der Waals surface area contributed by atoms with Crippen LogP contribution in [0.25, 0.3) is 20.7 Å². The molecule has 0 saturated heterocycles. The van der Waals surface area contributed by atoms with E-state index in [0.717, 1.165) is 16.1 Å². The molecule has 4 aromatic rings. The van der Waals surface area contributed by atoms with E-state index >= 15 is 0 Å². The van der Waals surface area contributed by atoms with Crippen LogP contribution in [0.5, 0.6) is 5.75 Å². The van der Waals surface area contributed by atoms with Gasteiger partial charge in [0.05, 0.1) is 24.2 Å². The van der Waals surface area contributed by atoms with E-state index in [2.05, 4.69) is 10.3 Å². The summed E-state index contributed by atoms with van der Waals surface area (Å²) in [6, 6.07) is 11.5. The van der Waals surface area contributed by atoms with Gasteiger partial charge in [0.2, 0.25) is 0 Å². The molecular formula is C21H18N4O3S2. The second kappa shape index (κ2) is 7.58. The number of fused-ring (bicyclic) bond motifs is 2. The number of anilines is 1. The van der Waals surface area contributed by atoms with Crippen LogP contribution in [0, 0.1) is 0 Å². The summed E-state index contributed by atoms with van der Waals surface area (Å²) in [6.45, 7) is 0.731. The first kappa shape index (κ1) is 18.8. The van der Waals surface area contributed by atoms with Gasteiger partial charge in [-0.2, -0.15) is 0 Å². The van der Waals surface area contributed by atoms with Crippen molar-refractivity contribution in [2.75, 3.05) is 18.5 Å². The second-order valence-corrected chi connectivity index (χ2v) is 8.69. The lowest BCUT2D eigenvalue weighted by molar-refractivity contribution is -0.127. The Hall–Kier alpha value is -3.17. The largest absolute Gasteiger partial charge is 0.477 e. The number of carbonyl (C=O) groups excluding carboxylic acids is 1. The standard InChI is InChI=1S/C21H18N4O3S2/c1-22-19(26)15-9-25(13-5-2-3-6-14(13)28-15)10-17-23-20(27)18-12(11-30-21(18)24-17)16-7-4-8-29-16/h2-8,11,15H,9-10H2,1H3,(H,22,26)(H,23,24,27). The van der Waals surface area contributed by atoms with Crippen LogP contribution in [-0.4, -0.2) is 35.6 Å². The Morgan fingerprint density at radius 2 is 2.17 bits per heavy atom. The normalized spacial score (nSPS) is 15.6. The van der Waals surface area contributed by atoms with Gasteiger partial charge in [0.25, 0.3) is 11.5 Å². The first-order valence-corrected chi connectivity index (χ1v) is 11.2. The van der Waals surface area contributed by atoms with E-state index in [9.17, 15) is 9.59 Å². The van der Waals surface area contributed by atoms with Crippen LogP contribution in [0.2, 0.25) is 0 Å². The number of rotatable bonds is 4. The minimum Gasteiger partial charge on any atom is -0.477 e. The topological polar surface area (TPSA) is 87.3 Å². The number of benzene rings is 1. The average Bonchev–Trinajstić information content (AvgIpc) is 3.43. The molecular weight excluding hydrogens is 420 g/mol. The van der Waals surface area contributed by atoms with Crippen LogP contribution in [-0.2, 0) is 11.3 Å². The molecule has 0 bridgehead atoms. The number of aromatic nitrogens is 2. The molecule has 1 unspecified atom stereocenters. The summed E-state index contributed by atoms with van der Waals surface area (Å²) < 4.78 is 5.85. The van der Waals surface area contributed by atoms with Gasteiger partial charge in [-0.1, -0.05) is 18.2 Å². The fourth-order valence-corrected chi connectivity index (χ4v) is 5.40. The fraction of sp³-hybridized carbons (Fsp3) is 0.190. The third-order valence-electron chi connectivity index (χ3n) is 5.02. The Morgan fingerprint density at radius 3 is 2.97 bits per heavy atom. The lowest BCUT2D eigenvalue weighted by Gasteiger charge is -2.35. The van der Waals surface area contributed by atoms with Crippen LogP contribution in [0.4, 0.5) is 5.69 Å². The fourth-order valence-electron chi connectivity index (χ4n) is 3.62. The number of nitrogens with one attached hydrogen (secondary N) is 2. The van der Waals surface area contributed by atoms with E-state index in [0.29, 0.717) is 34.9 Å². The van der Waals surface area contributed by atoms with Gasteiger partial charge in [-0.3, -0.25) is 9.59 Å². The highest BCUT2D eigenvalue weighted by Crippen LogP contribution is 2.35. The number of carbonyl (C=O) groups is 1. The molecule has 3 aromatic heterocycles. The number of H-pyrrole nitrogens is 1. The van der Waals surface area contributed by atoms with Crippen molar-refractivity contribution in [2.45, 2.75) is 12.6 Å². The minimum absolute atomic E-state index is 0.149. The molecule has 0 aliphatic carbocycles. The van der Waals surface area contributed by atoms with Crippen molar-refractivity contribution in [2.24, 2.45) is 0 Å². The third kappa shape index (κ3) is 3.25. The maximum atomic E-state index is 12.9. The zero-order valence-corrected chi connectivity index (χ0v) is 17.7. The summed E-state index contributed by atoms with van der Waals surface area (Å²) in [7, 11) is 1.59. The number of hydrogen-bond acceptors (Lipinski definition) is 7. The molecule has 9 heteroatoms. The molecule has 1 aliphatic heterocycles. The molecule has 1 amide bonds. The molecule has 0 spiro atoms. The number of amides is 1. The summed E-state index contributed by atoms with van der Waals surface area (Å²) in [5.74, 6) is 1.00. The number of likely N-dealkylation sites (N-methyl/N-ethyl adjacent to an activating group) is 1. The Morgan fingerprint density at radius 1 is 1.30 bits per heavy atom. The molecule has 2 N–H and O–H groups in total. The summed E-state index contributed by atoms with van der Waals surface area (Å²) in [6.07, 6.45) is -0.632. The number of nitrogens with zero attached hydrogens (tertiary/aromatic N) is 2. The average molecular weight is 439 g/mol. The minimum atomic E-state index is -0.632. The van der Waals surface area contributed by atoms with E-state index in [1.807, 2.05) is 52.1 Å². The van der Waals surface area contributed by atoms with E-state index < -0.39 is 6.10 Å². The molecule has 152 valence electrons. The van der Waals surface area contributed by atoms with E-state index in [4.69, 9.17) is 9.72 Å². The van der Waals surface area contributed by atoms with Crippen molar-refractivity contribution in [3.05, 3.63) is 63.3 Å². The smallest absolute Gasteiger partial charge is 0.262 e. The zero-order chi connectivity index (χ0) is 20.7. The van der Waals surface area contributed by atoms with Crippen LogP contribution >= 0.6 is 22.7 Å². The number of hydrogen-bond donors (Lipinski definition) is 2. The molecule has 0 radical (unpaired) electrons. The Labute approximate surface area is 180 Å². The molecule has 4 heterocycles. The number of ether oxygens (including phenoxy) is 1. The number of thiophene rings is 2. The number of aromatic amines is 1. The highest BCUT2D eigenvalue weighted by Gasteiger charge is 2.30. The molecule has 0 saturated carbocycles. The van der Waals surface area contributed by atoms with Crippen molar-refractivity contribution >= 4 is 44.5 Å². The third-order valence-corrected chi connectivity index (χ3v) is 6.80. The van der Waals surface area contributed by atoms with Gasteiger partial charge in [-0.05, 0) is 23.6 Å².